The maximum atomic E-state index is 13.4. The van der Waals surface area contributed by atoms with Gasteiger partial charge >= 0.3 is 0 Å². The number of benzene rings is 2. The molecule has 2 aromatic rings. The van der Waals surface area contributed by atoms with Crippen molar-refractivity contribution in [1.29, 1.82) is 0 Å². The highest BCUT2D eigenvalue weighted by atomic mass is 79.9. The first-order chi connectivity index (χ1) is 15.0. The van der Waals surface area contributed by atoms with Crippen molar-refractivity contribution in [3.8, 4) is 0 Å². The zero-order valence-electron chi connectivity index (χ0n) is 18.2. The zero-order chi connectivity index (χ0) is 23.9. The fourth-order valence-electron chi connectivity index (χ4n) is 3.01. The Labute approximate surface area is 206 Å². The van der Waals surface area contributed by atoms with E-state index in [4.69, 9.17) is 0 Å². The average Bonchev–Trinajstić information content (AvgIpc) is 2.74. The number of halogens is 2. The molecule has 2 rings (SSSR count). The van der Waals surface area contributed by atoms with Crippen LogP contribution < -0.4 is 9.62 Å². The maximum Gasteiger partial charge on any atom is 0.244 e. The number of para-hydroxylation sites is 1. The first-order valence-electron chi connectivity index (χ1n) is 10.1. The number of hydrogen-bond donors (Lipinski definition) is 1. The predicted octanol–water partition coefficient (Wildman–Crippen LogP) is 3.92. The van der Waals surface area contributed by atoms with E-state index in [0.717, 1.165) is 27.0 Å². The van der Waals surface area contributed by atoms with Crippen LogP contribution in [-0.4, -0.2) is 50.5 Å². The van der Waals surface area contributed by atoms with Gasteiger partial charge in [0.05, 0.1) is 11.9 Å². The van der Waals surface area contributed by atoms with Crippen LogP contribution >= 0.6 is 31.9 Å². The van der Waals surface area contributed by atoms with Crippen LogP contribution in [-0.2, 0) is 26.2 Å². The number of carbonyl (C=O) groups is 2. The molecule has 2 aromatic carbocycles. The van der Waals surface area contributed by atoms with Gasteiger partial charge in [0.25, 0.3) is 0 Å². The molecule has 1 atom stereocenters. The van der Waals surface area contributed by atoms with Crippen LogP contribution in [0.1, 0.15) is 25.8 Å². The van der Waals surface area contributed by atoms with Crippen LogP contribution in [0.2, 0.25) is 0 Å². The van der Waals surface area contributed by atoms with Gasteiger partial charge in [-0.3, -0.25) is 13.9 Å². The summed E-state index contributed by atoms with van der Waals surface area (Å²) in [5, 5.41) is 2.81. The van der Waals surface area contributed by atoms with Gasteiger partial charge in [-0.25, -0.2) is 8.42 Å². The number of amides is 2. The second kappa shape index (κ2) is 11.8. The number of sulfonamides is 1. The maximum absolute atomic E-state index is 13.4. The fourth-order valence-corrected chi connectivity index (χ4v) is 4.76. The van der Waals surface area contributed by atoms with Crippen molar-refractivity contribution in [2.24, 2.45) is 0 Å². The minimum absolute atomic E-state index is 0.167. The van der Waals surface area contributed by atoms with Gasteiger partial charge in [-0.05, 0) is 59.1 Å². The van der Waals surface area contributed by atoms with E-state index in [2.05, 4.69) is 37.2 Å². The second-order valence-corrected chi connectivity index (χ2v) is 11.0. The van der Waals surface area contributed by atoms with Crippen LogP contribution in [0, 0.1) is 0 Å². The Morgan fingerprint density at radius 1 is 1.06 bits per heavy atom. The van der Waals surface area contributed by atoms with Crippen LogP contribution in [0.3, 0.4) is 0 Å². The molecule has 32 heavy (non-hydrogen) atoms. The molecule has 2 amide bonds. The van der Waals surface area contributed by atoms with Crippen molar-refractivity contribution in [2.75, 3.05) is 23.7 Å². The summed E-state index contributed by atoms with van der Waals surface area (Å²) >= 11 is 6.74. The standard InChI is InChI=1S/C22H27Br2N3O4S/c1-4-13-25-22(29)16(2)26(14-17-9-11-18(23)12-10-17)21(28)15-27(32(3,30)31)20-8-6-5-7-19(20)24/h5-12,16H,4,13-15H2,1-3H3,(H,25,29)/t16-/m0/s1. The van der Waals surface area contributed by atoms with Crippen molar-refractivity contribution in [1.82, 2.24) is 10.2 Å². The van der Waals surface area contributed by atoms with Gasteiger partial charge in [0, 0.05) is 22.0 Å². The summed E-state index contributed by atoms with van der Waals surface area (Å²) in [4.78, 5) is 27.4. The van der Waals surface area contributed by atoms with E-state index >= 15 is 0 Å². The molecule has 0 aliphatic carbocycles. The fraction of sp³-hybridized carbons (Fsp3) is 0.364. The van der Waals surface area contributed by atoms with Crippen molar-refractivity contribution in [2.45, 2.75) is 32.9 Å². The molecular formula is C22H27Br2N3O4S. The normalized spacial score (nSPS) is 12.2. The Morgan fingerprint density at radius 2 is 1.69 bits per heavy atom. The van der Waals surface area contributed by atoms with Crippen LogP contribution in [0.5, 0.6) is 0 Å². The Hall–Kier alpha value is -1.91. The molecule has 0 saturated carbocycles. The highest BCUT2D eigenvalue weighted by Gasteiger charge is 2.30. The highest BCUT2D eigenvalue weighted by Crippen LogP contribution is 2.28. The van der Waals surface area contributed by atoms with E-state index in [1.54, 1.807) is 31.2 Å². The number of anilines is 1. The minimum Gasteiger partial charge on any atom is -0.354 e. The minimum atomic E-state index is -3.76. The summed E-state index contributed by atoms with van der Waals surface area (Å²) in [5.41, 5.74) is 1.18. The number of hydrogen-bond acceptors (Lipinski definition) is 4. The molecule has 0 bridgehead atoms. The molecule has 0 spiro atoms. The smallest absolute Gasteiger partial charge is 0.244 e. The number of nitrogens with zero attached hydrogens (tertiary/aromatic N) is 2. The Morgan fingerprint density at radius 3 is 2.25 bits per heavy atom. The van der Waals surface area contributed by atoms with Gasteiger partial charge in [-0.15, -0.1) is 0 Å². The van der Waals surface area contributed by atoms with Crippen LogP contribution in [0.25, 0.3) is 0 Å². The molecule has 0 fully saturated rings. The zero-order valence-corrected chi connectivity index (χ0v) is 22.2. The van der Waals surface area contributed by atoms with E-state index in [0.29, 0.717) is 16.7 Å². The summed E-state index contributed by atoms with van der Waals surface area (Å²) in [7, 11) is -3.76. The Balaban J connectivity index is 2.37. The third-order valence-corrected chi connectivity index (χ3v) is 7.11. The molecular weight excluding hydrogens is 562 g/mol. The molecule has 0 aliphatic heterocycles. The number of rotatable bonds is 10. The molecule has 174 valence electrons. The molecule has 0 unspecified atom stereocenters. The van der Waals surface area contributed by atoms with E-state index in [9.17, 15) is 18.0 Å². The molecule has 0 saturated heterocycles. The molecule has 0 radical (unpaired) electrons. The van der Waals surface area contributed by atoms with Crippen molar-refractivity contribution in [3.05, 3.63) is 63.0 Å². The molecule has 7 nitrogen and oxygen atoms in total. The van der Waals surface area contributed by atoms with Crippen molar-refractivity contribution in [3.63, 3.8) is 0 Å². The van der Waals surface area contributed by atoms with E-state index in [-0.39, 0.29) is 12.5 Å². The first-order valence-corrected chi connectivity index (χ1v) is 13.5. The lowest BCUT2D eigenvalue weighted by atomic mass is 10.1. The molecule has 0 heterocycles. The monoisotopic (exact) mass is 587 g/mol. The Kier molecular flexibility index (Phi) is 9.72. The molecule has 0 aromatic heterocycles. The largest absolute Gasteiger partial charge is 0.354 e. The number of carbonyl (C=O) groups excluding carboxylic acids is 2. The second-order valence-electron chi connectivity index (χ2n) is 7.34. The third kappa shape index (κ3) is 7.31. The van der Waals surface area contributed by atoms with Gasteiger partial charge < -0.3 is 10.2 Å². The van der Waals surface area contributed by atoms with Crippen LogP contribution in [0.4, 0.5) is 5.69 Å². The lowest BCUT2D eigenvalue weighted by Gasteiger charge is -2.31. The topological polar surface area (TPSA) is 86.8 Å². The summed E-state index contributed by atoms with van der Waals surface area (Å²) in [5.74, 6) is -0.766. The summed E-state index contributed by atoms with van der Waals surface area (Å²) in [6, 6.07) is 13.4. The SMILES string of the molecule is CCCNC(=O)[C@H](C)N(Cc1ccc(Br)cc1)C(=O)CN(c1ccccc1Br)S(C)(=O)=O. The van der Waals surface area contributed by atoms with Gasteiger partial charge in [-0.1, -0.05) is 47.1 Å². The van der Waals surface area contributed by atoms with Crippen molar-refractivity contribution < 1.29 is 18.0 Å². The summed E-state index contributed by atoms with van der Waals surface area (Å²) in [6.07, 6.45) is 1.82. The Bertz CT molecular complexity index is 1050. The van der Waals surface area contributed by atoms with Gasteiger partial charge in [0.2, 0.25) is 21.8 Å². The van der Waals surface area contributed by atoms with E-state index in [1.807, 2.05) is 31.2 Å². The molecule has 1 N–H and O–H groups in total. The summed E-state index contributed by atoms with van der Waals surface area (Å²) in [6.45, 7) is 3.82. The predicted molar refractivity (Wildman–Crippen MR) is 134 cm³/mol. The first kappa shape index (κ1) is 26.3. The average molecular weight is 589 g/mol. The van der Waals surface area contributed by atoms with Gasteiger partial charge in [0.15, 0.2) is 0 Å². The third-order valence-electron chi connectivity index (χ3n) is 4.78. The highest BCUT2D eigenvalue weighted by molar-refractivity contribution is 9.10. The molecule has 10 heteroatoms. The number of nitrogens with one attached hydrogen (secondary N) is 1. The summed E-state index contributed by atoms with van der Waals surface area (Å²) < 4.78 is 27.6. The van der Waals surface area contributed by atoms with E-state index in [1.165, 1.54) is 4.90 Å². The van der Waals surface area contributed by atoms with Crippen LogP contribution in [0.15, 0.2) is 57.5 Å². The van der Waals surface area contributed by atoms with Gasteiger partial charge in [-0.2, -0.15) is 0 Å². The van der Waals surface area contributed by atoms with E-state index < -0.39 is 28.5 Å². The quantitative estimate of drug-likeness (QED) is 0.456. The van der Waals surface area contributed by atoms with Gasteiger partial charge in [0.1, 0.15) is 12.6 Å². The lowest BCUT2D eigenvalue weighted by molar-refractivity contribution is -0.139. The lowest BCUT2D eigenvalue weighted by Crippen LogP contribution is -2.51. The molecule has 0 aliphatic rings. The van der Waals surface area contributed by atoms with Crippen molar-refractivity contribution >= 4 is 59.4 Å².